The van der Waals surface area contributed by atoms with E-state index in [1.807, 2.05) is 10.8 Å². The van der Waals surface area contributed by atoms with Gasteiger partial charge in [0.15, 0.2) is 5.69 Å². The van der Waals surface area contributed by atoms with Gasteiger partial charge in [0, 0.05) is 23.8 Å². The molecule has 2 N–H and O–H groups in total. The van der Waals surface area contributed by atoms with E-state index in [1.165, 1.54) is 0 Å². The largest absolute Gasteiger partial charge is 0.346 e. The zero-order valence-corrected chi connectivity index (χ0v) is 13.0. The van der Waals surface area contributed by atoms with Crippen LogP contribution in [0.15, 0.2) is 47.8 Å². The van der Waals surface area contributed by atoms with Crippen molar-refractivity contribution in [3.8, 4) is 0 Å². The zero-order chi connectivity index (χ0) is 16.5. The van der Waals surface area contributed by atoms with Gasteiger partial charge in [-0.05, 0) is 25.3 Å². The number of fused-ring (bicyclic) bond motifs is 1. The van der Waals surface area contributed by atoms with Crippen molar-refractivity contribution in [1.29, 1.82) is 0 Å². The van der Waals surface area contributed by atoms with Gasteiger partial charge in [-0.25, -0.2) is 10.1 Å². The van der Waals surface area contributed by atoms with Crippen molar-refractivity contribution < 1.29 is 4.79 Å². The Hall–Kier alpha value is -2.96. The van der Waals surface area contributed by atoms with Crippen molar-refractivity contribution in [2.45, 2.75) is 31.3 Å². The molecule has 7 nitrogen and oxygen atoms in total. The molecule has 1 aliphatic carbocycles. The van der Waals surface area contributed by atoms with E-state index in [0.717, 1.165) is 19.3 Å². The number of imidazole rings is 1. The van der Waals surface area contributed by atoms with E-state index in [4.69, 9.17) is 0 Å². The smallest absolute Gasteiger partial charge is 0.272 e. The van der Waals surface area contributed by atoms with Crippen LogP contribution in [-0.2, 0) is 0 Å². The van der Waals surface area contributed by atoms with Gasteiger partial charge in [-0.3, -0.25) is 9.59 Å². The topological polar surface area (TPSA) is 92.7 Å². The molecule has 1 fully saturated rings. The summed E-state index contributed by atoms with van der Waals surface area (Å²) >= 11 is 0. The van der Waals surface area contributed by atoms with Gasteiger partial charge < -0.3 is 9.88 Å². The van der Waals surface area contributed by atoms with Crippen molar-refractivity contribution in [3.63, 3.8) is 0 Å². The summed E-state index contributed by atoms with van der Waals surface area (Å²) in [5.41, 5.74) is -0.0409. The standard InChI is InChI=1S/C17H17N5O2/c23-16-12-5-2-1-4-11(12)15(20-21-16)17(24)19-13-6-3-7-14(13)22-9-8-18-10-22/h1-2,4-5,8-10,13-14H,3,6-7H2,(H,19,24)(H,21,23). The third kappa shape index (κ3) is 2.47. The van der Waals surface area contributed by atoms with Crippen molar-refractivity contribution in [2.75, 3.05) is 0 Å². The second-order valence-corrected chi connectivity index (χ2v) is 6.04. The first-order valence-corrected chi connectivity index (χ1v) is 8.00. The highest BCUT2D eigenvalue weighted by molar-refractivity contribution is 6.04. The minimum Gasteiger partial charge on any atom is -0.346 e. The number of carbonyl (C=O) groups is 1. The van der Waals surface area contributed by atoms with Gasteiger partial charge in [-0.2, -0.15) is 5.10 Å². The summed E-state index contributed by atoms with van der Waals surface area (Å²) in [6.45, 7) is 0. The number of hydrogen-bond acceptors (Lipinski definition) is 4. The Kier molecular flexibility index (Phi) is 3.60. The summed E-state index contributed by atoms with van der Waals surface area (Å²) in [4.78, 5) is 28.7. The average Bonchev–Trinajstić information content (AvgIpc) is 3.26. The Labute approximate surface area is 137 Å². The summed E-state index contributed by atoms with van der Waals surface area (Å²) in [5, 5.41) is 10.5. The summed E-state index contributed by atoms with van der Waals surface area (Å²) in [5.74, 6) is -0.264. The lowest BCUT2D eigenvalue weighted by Crippen LogP contribution is -2.39. The monoisotopic (exact) mass is 323 g/mol. The number of amides is 1. The number of nitrogens with zero attached hydrogens (tertiary/aromatic N) is 3. The van der Waals surface area contributed by atoms with E-state index in [1.54, 1.807) is 36.8 Å². The lowest BCUT2D eigenvalue weighted by molar-refractivity contribution is 0.0924. The predicted octanol–water partition coefficient (Wildman–Crippen LogP) is 1.64. The molecule has 2 aromatic heterocycles. The first kappa shape index (κ1) is 14.6. The number of rotatable bonds is 3. The Bertz CT molecular complexity index is 932. The fraction of sp³-hybridized carbons (Fsp3) is 0.294. The molecule has 1 aliphatic rings. The number of aromatic amines is 1. The van der Waals surface area contributed by atoms with Crippen LogP contribution in [0, 0.1) is 0 Å². The first-order valence-electron chi connectivity index (χ1n) is 8.00. The maximum Gasteiger partial charge on any atom is 0.272 e. The van der Waals surface area contributed by atoms with Crippen molar-refractivity contribution in [3.05, 3.63) is 59.0 Å². The maximum absolute atomic E-state index is 12.7. The normalized spacial score (nSPS) is 20.3. The zero-order valence-electron chi connectivity index (χ0n) is 13.0. The minimum absolute atomic E-state index is 0.0270. The lowest BCUT2D eigenvalue weighted by atomic mass is 10.1. The SMILES string of the molecule is O=C(NC1CCCC1n1ccnc1)c1n[nH]c(=O)c2ccccc12. The number of nitrogens with one attached hydrogen (secondary N) is 2. The van der Waals surface area contributed by atoms with Crippen LogP contribution in [0.4, 0.5) is 0 Å². The second kappa shape index (κ2) is 5.92. The molecule has 7 heteroatoms. The molecule has 1 aromatic carbocycles. The molecule has 122 valence electrons. The fourth-order valence-electron chi connectivity index (χ4n) is 3.46. The summed E-state index contributed by atoms with van der Waals surface area (Å²) in [6.07, 6.45) is 8.41. The number of H-pyrrole nitrogens is 1. The summed E-state index contributed by atoms with van der Waals surface area (Å²) in [7, 11) is 0. The number of hydrogen-bond donors (Lipinski definition) is 2. The third-order valence-electron chi connectivity index (χ3n) is 4.61. The Morgan fingerprint density at radius 1 is 1.25 bits per heavy atom. The molecule has 0 bridgehead atoms. The highest BCUT2D eigenvalue weighted by atomic mass is 16.2. The van der Waals surface area contributed by atoms with Crippen LogP contribution < -0.4 is 10.9 Å². The van der Waals surface area contributed by atoms with Gasteiger partial charge >= 0.3 is 0 Å². The van der Waals surface area contributed by atoms with E-state index < -0.39 is 0 Å². The Morgan fingerprint density at radius 2 is 2.08 bits per heavy atom. The fourth-order valence-corrected chi connectivity index (χ4v) is 3.46. The van der Waals surface area contributed by atoms with Gasteiger partial charge in [0.05, 0.1) is 17.8 Å². The van der Waals surface area contributed by atoms with Crippen LogP contribution in [-0.4, -0.2) is 31.7 Å². The number of carbonyl (C=O) groups excluding carboxylic acids is 1. The van der Waals surface area contributed by atoms with Crippen LogP contribution in [0.3, 0.4) is 0 Å². The van der Waals surface area contributed by atoms with E-state index in [9.17, 15) is 9.59 Å². The van der Waals surface area contributed by atoms with E-state index in [-0.39, 0.29) is 29.2 Å². The highest BCUT2D eigenvalue weighted by Gasteiger charge is 2.30. The summed E-state index contributed by atoms with van der Waals surface area (Å²) < 4.78 is 2.04. The molecule has 24 heavy (non-hydrogen) atoms. The molecule has 2 atom stereocenters. The second-order valence-electron chi connectivity index (χ2n) is 6.04. The average molecular weight is 323 g/mol. The predicted molar refractivity (Wildman–Crippen MR) is 88.7 cm³/mol. The Balaban J connectivity index is 1.63. The molecule has 0 radical (unpaired) electrons. The van der Waals surface area contributed by atoms with E-state index in [0.29, 0.717) is 10.8 Å². The molecule has 0 saturated heterocycles. The van der Waals surface area contributed by atoms with Gasteiger partial charge in [0.1, 0.15) is 0 Å². The van der Waals surface area contributed by atoms with Crippen molar-refractivity contribution >= 4 is 16.7 Å². The van der Waals surface area contributed by atoms with E-state index >= 15 is 0 Å². The van der Waals surface area contributed by atoms with Crippen molar-refractivity contribution in [2.24, 2.45) is 0 Å². The highest BCUT2D eigenvalue weighted by Crippen LogP contribution is 2.30. The summed E-state index contributed by atoms with van der Waals surface area (Å²) in [6, 6.07) is 7.23. The van der Waals surface area contributed by atoms with Crippen LogP contribution in [0.5, 0.6) is 0 Å². The van der Waals surface area contributed by atoms with Gasteiger partial charge in [-0.15, -0.1) is 0 Å². The van der Waals surface area contributed by atoms with Crippen LogP contribution in [0.2, 0.25) is 0 Å². The molecule has 2 unspecified atom stereocenters. The van der Waals surface area contributed by atoms with E-state index in [2.05, 4.69) is 20.5 Å². The lowest BCUT2D eigenvalue weighted by Gasteiger charge is -2.22. The molecule has 1 amide bonds. The molecule has 0 aliphatic heterocycles. The molecule has 4 rings (SSSR count). The Morgan fingerprint density at radius 3 is 2.88 bits per heavy atom. The minimum atomic E-state index is -0.292. The molecule has 1 saturated carbocycles. The number of aromatic nitrogens is 4. The third-order valence-corrected chi connectivity index (χ3v) is 4.61. The molecular weight excluding hydrogens is 306 g/mol. The molecule has 3 aromatic rings. The van der Waals surface area contributed by atoms with Crippen molar-refractivity contribution in [1.82, 2.24) is 25.1 Å². The maximum atomic E-state index is 12.7. The van der Waals surface area contributed by atoms with Gasteiger partial charge in [0.25, 0.3) is 11.5 Å². The quantitative estimate of drug-likeness (QED) is 0.766. The number of benzene rings is 1. The molecule has 2 heterocycles. The van der Waals surface area contributed by atoms with Crippen LogP contribution in [0.1, 0.15) is 35.8 Å². The van der Waals surface area contributed by atoms with Crippen LogP contribution in [0.25, 0.3) is 10.8 Å². The molecular formula is C17H17N5O2. The molecule has 0 spiro atoms. The van der Waals surface area contributed by atoms with Gasteiger partial charge in [0.2, 0.25) is 0 Å². The first-order chi connectivity index (χ1) is 11.7. The van der Waals surface area contributed by atoms with Gasteiger partial charge in [-0.1, -0.05) is 18.2 Å². The van der Waals surface area contributed by atoms with Crippen LogP contribution >= 0.6 is 0 Å².